The van der Waals surface area contributed by atoms with E-state index < -0.39 is 93.9 Å². The number of nitrogens with one attached hydrogen (secondary N) is 3. The molecule has 3 N–H and O–H groups in total. The summed E-state index contributed by atoms with van der Waals surface area (Å²) >= 11 is 0. The van der Waals surface area contributed by atoms with Crippen molar-refractivity contribution in [2.75, 3.05) is 20.1 Å². The van der Waals surface area contributed by atoms with Crippen LogP contribution in [0, 0.1) is 5.92 Å². The van der Waals surface area contributed by atoms with E-state index in [1.807, 2.05) is 35.1 Å². The number of benzene rings is 1. The number of sulfonamides is 1. The zero-order valence-corrected chi connectivity index (χ0v) is 29.3. The van der Waals surface area contributed by atoms with Crippen molar-refractivity contribution in [3.63, 3.8) is 0 Å². The van der Waals surface area contributed by atoms with Gasteiger partial charge in [0.2, 0.25) is 21.8 Å². The van der Waals surface area contributed by atoms with E-state index in [-0.39, 0.29) is 32.5 Å². The van der Waals surface area contributed by atoms with Crippen molar-refractivity contribution in [1.82, 2.24) is 30.1 Å². The maximum atomic E-state index is 14.0. The average Bonchev–Trinajstić information content (AvgIpc) is 3.97. The van der Waals surface area contributed by atoms with Crippen LogP contribution < -0.4 is 15.4 Å². The Labute approximate surface area is 298 Å². The molecule has 6 rings (SSSR count). The molecule has 6 amide bonds. The van der Waals surface area contributed by atoms with Crippen LogP contribution in [0.2, 0.25) is 0 Å². The second kappa shape index (κ2) is 14.1. The van der Waals surface area contributed by atoms with Crippen LogP contribution in [0.3, 0.4) is 0 Å². The van der Waals surface area contributed by atoms with E-state index in [1.54, 1.807) is 0 Å². The maximum absolute atomic E-state index is 14.0. The van der Waals surface area contributed by atoms with E-state index in [4.69, 9.17) is 4.74 Å². The van der Waals surface area contributed by atoms with E-state index in [9.17, 15) is 45.6 Å². The molecule has 0 spiro atoms. The predicted molar refractivity (Wildman–Crippen MR) is 179 cm³/mol. The normalized spacial score (nSPS) is 28.9. The van der Waals surface area contributed by atoms with Crippen LogP contribution in [-0.2, 0) is 42.2 Å². The topological polar surface area (TPSA) is 175 Å². The van der Waals surface area contributed by atoms with Crippen LogP contribution in [0.5, 0.6) is 0 Å². The van der Waals surface area contributed by atoms with Crippen molar-refractivity contribution in [2.24, 2.45) is 5.92 Å². The number of amides is 6. The number of rotatable bonds is 7. The Morgan fingerprint density at radius 1 is 1.17 bits per heavy atom. The molecule has 2 aliphatic carbocycles. The maximum Gasteiger partial charge on any atom is 0.410 e. The molecule has 5 aliphatic rings. The van der Waals surface area contributed by atoms with Crippen LogP contribution in [-0.4, -0.2) is 108 Å². The smallest absolute Gasteiger partial charge is 0.410 e. The molecule has 5 atom stereocenters. The molecule has 3 fully saturated rings. The molecule has 1 aromatic rings. The van der Waals surface area contributed by atoms with E-state index in [2.05, 4.69) is 17.2 Å². The monoisotopic (exact) mass is 750 g/mol. The summed E-state index contributed by atoms with van der Waals surface area (Å²) in [4.78, 5) is 71.2. The van der Waals surface area contributed by atoms with Gasteiger partial charge >= 0.3 is 18.3 Å². The van der Waals surface area contributed by atoms with Gasteiger partial charge in [0.1, 0.15) is 23.7 Å². The van der Waals surface area contributed by atoms with Crippen molar-refractivity contribution < 1.29 is 50.3 Å². The number of urea groups is 1. The number of carbonyl (C=O) groups excluding carboxylic acids is 5. The highest BCUT2D eigenvalue weighted by molar-refractivity contribution is 7.91. The fourth-order valence-corrected chi connectivity index (χ4v) is 8.36. The minimum absolute atomic E-state index is 0.0148. The highest BCUT2D eigenvalue weighted by Crippen LogP contribution is 2.45. The Kier molecular flexibility index (Phi) is 10.1. The predicted octanol–water partition coefficient (Wildman–Crippen LogP) is 2.55. The van der Waals surface area contributed by atoms with Crippen LogP contribution in [0.1, 0.15) is 61.6 Å². The summed E-state index contributed by atoms with van der Waals surface area (Å²) in [5.41, 5.74) is 0.954. The number of alkyl halides is 3. The minimum atomic E-state index is -4.90. The average molecular weight is 751 g/mol. The van der Waals surface area contributed by atoms with Gasteiger partial charge in [-0.3, -0.25) is 24.0 Å². The Morgan fingerprint density at radius 3 is 2.60 bits per heavy atom. The summed E-state index contributed by atoms with van der Waals surface area (Å²) in [6.07, 6.45) is -2.01. The van der Waals surface area contributed by atoms with Crippen LogP contribution in [0.25, 0.3) is 6.08 Å². The van der Waals surface area contributed by atoms with Crippen molar-refractivity contribution in [1.29, 1.82) is 0 Å². The van der Waals surface area contributed by atoms with Gasteiger partial charge < -0.3 is 25.2 Å². The quantitative estimate of drug-likeness (QED) is 0.357. The van der Waals surface area contributed by atoms with Gasteiger partial charge in [-0.2, -0.15) is 13.2 Å². The van der Waals surface area contributed by atoms with Gasteiger partial charge in [-0.05, 0) is 48.8 Å². The first kappa shape index (κ1) is 37.2. The summed E-state index contributed by atoms with van der Waals surface area (Å²) in [7, 11) is -2.62. The molecule has 3 aliphatic heterocycles. The third-order valence-corrected chi connectivity index (χ3v) is 12.0. The standard InChI is InChI=1S/C34H41F3N6O8S/c1-3-22-15-33(22,30(46)40-52(49,50)24-11-12-24)39-28(44)27-14-23-18-43(27)29(45)26(16-34(35,36)37)38-31(47)41(2)13-6-4-5-8-20-9-7-10-21-17-42(19-25(20)21)32(48)51-23/h3,5,7-10,22-24,26-27H,1,4,6,11-19H2,2H3,(H,38,47)(H,39,44)(H,40,46)/b8-5+/t22-,23-,26+,27+,33-/m1/s1. The van der Waals surface area contributed by atoms with Crippen LogP contribution >= 0.6 is 0 Å². The van der Waals surface area contributed by atoms with Crippen molar-refractivity contribution in [3.8, 4) is 0 Å². The fourth-order valence-electron chi connectivity index (χ4n) is 6.99. The highest BCUT2D eigenvalue weighted by Gasteiger charge is 2.62. The van der Waals surface area contributed by atoms with E-state index >= 15 is 0 Å². The number of allylic oxidation sites excluding steroid dienone is 1. The van der Waals surface area contributed by atoms with Gasteiger partial charge in [0.15, 0.2) is 0 Å². The molecule has 0 aromatic heterocycles. The van der Waals surface area contributed by atoms with Crippen molar-refractivity contribution >= 4 is 45.9 Å². The van der Waals surface area contributed by atoms with Gasteiger partial charge in [-0.1, -0.05) is 36.4 Å². The number of hydrogen-bond acceptors (Lipinski definition) is 8. The number of hydrogen-bond donors (Lipinski definition) is 3. The molecule has 0 radical (unpaired) electrons. The summed E-state index contributed by atoms with van der Waals surface area (Å²) in [6.45, 7) is 3.77. The molecule has 4 bridgehead atoms. The Balaban J connectivity index is 1.29. The van der Waals surface area contributed by atoms with E-state index in [1.165, 1.54) is 18.0 Å². The van der Waals surface area contributed by atoms with Gasteiger partial charge in [0.25, 0.3) is 5.91 Å². The minimum Gasteiger partial charge on any atom is -0.444 e. The molecule has 18 heteroatoms. The summed E-state index contributed by atoms with van der Waals surface area (Å²) < 4.78 is 74.5. The highest BCUT2D eigenvalue weighted by atomic mass is 32.2. The first-order valence-electron chi connectivity index (χ1n) is 17.1. The van der Waals surface area contributed by atoms with Gasteiger partial charge in [0.05, 0.1) is 24.8 Å². The van der Waals surface area contributed by atoms with Crippen LogP contribution in [0.15, 0.2) is 36.9 Å². The third-order valence-electron chi connectivity index (χ3n) is 10.2. The number of nitrogens with zero attached hydrogens (tertiary/aromatic N) is 3. The fraction of sp³-hybridized carbons (Fsp3) is 0.559. The molecule has 282 valence electrons. The third kappa shape index (κ3) is 7.90. The lowest BCUT2D eigenvalue weighted by atomic mass is 10.0. The second-order valence-corrected chi connectivity index (χ2v) is 16.0. The molecule has 2 saturated carbocycles. The molecule has 3 heterocycles. The van der Waals surface area contributed by atoms with Gasteiger partial charge in [-0.15, -0.1) is 6.58 Å². The molecule has 52 heavy (non-hydrogen) atoms. The van der Waals surface area contributed by atoms with Crippen molar-refractivity contribution in [3.05, 3.63) is 53.6 Å². The van der Waals surface area contributed by atoms with Gasteiger partial charge in [-0.25, -0.2) is 18.0 Å². The first-order valence-corrected chi connectivity index (χ1v) is 18.7. The lowest BCUT2D eigenvalue weighted by Crippen LogP contribution is -2.59. The molecule has 1 aromatic carbocycles. The number of halogens is 3. The lowest BCUT2D eigenvalue weighted by molar-refractivity contribution is -0.155. The molecule has 1 saturated heterocycles. The molecular weight excluding hydrogens is 709 g/mol. The summed E-state index contributed by atoms with van der Waals surface area (Å²) in [5.74, 6) is -3.90. The van der Waals surface area contributed by atoms with E-state index in [0.717, 1.165) is 26.5 Å². The Morgan fingerprint density at radius 2 is 1.92 bits per heavy atom. The van der Waals surface area contributed by atoms with E-state index in [0.29, 0.717) is 25.7 Å². The first-order chi connectivity index (χ1) is 24.5. The SMILES string of the molecule is C=C[C@@H]1C[C@]1(NC(=O)[C@@H]1C[C@@H]2CN1C(=O)[C@H](CC(F)(F)F)NC(=O)N(C)CCC/C=C/c1cccc3c1CN(C3)C(=O)O2)C(=O)NS(=O)(=O)C1CC1. The number of ether oxygens (including phenoxy) is 1. The zero-order chi connectivity index (χ0) is 37.6. The molecular formula is C34H41F3N6O8S. The number of fused-ring (bicyclic) bond motifs is 3. The second-order valence-electron chi connectivity index (χ2n) is 14.1. The van der Waals surface area contributed by atoms with Gasteiger partial charge in [0, 0.05) is 32.5 Å². The summed E-state index contributed by atoms with van der Waals surface area (Å²) in [5, 5.41) is 3.98. The summed E-state index contributed by atoms with van der Waals surface area (Å²) in [6, 6.07) is 1.02. The molecule has 0 unspecified atom stereocenters. The molecule has 14 nitrogen and oxygen atoms in total. The zero-order valence-electron chi connectivity index (χ0n) is 28.5. The van der Waals surface area contributed by atoms with Crippen molar-refractivity contribution in [2.45, 2.75) is 93.2 Å². The lowest BCUT2D eigenvalue weighted by Gasteiger charge is -2.31. The Bertz CT molecular complexity index is 1800. The van der Waals surface area contributed by atoms with Crippen LogP contribution in [0.4, 0.5) is 22.8 Å². The largest absolute Gasteiger partial charge is 0.444 e. The number of carbonyl (C=O) groups is 5. The Hall–Kier alpha value is -4.61.